The number of pyridine rings is 2. The monoisotopic (exact) mass is 586 g/mol. The Bertz CT molecular complexity index is 2190. The Morgan fingerprint density at radius 2 is 1.09 bits per heavy atom. The van der Waals surface area contributed by atoms with Crippen molar-refractivity contribution < 1.29 is 13.7 Å². The van der Waals surface area contributed by atoms with Crippen molar-refractivity contribution in [3.05, 3.63) is 175 Å². The van der Waals surface area contributed by atoms with E-state index >= 15 is 4.57 Å². The fourth-order valence-corrected chi connectivity index (χ4v) is 9.55. The number of rotatable bonds is 6. The van der Waals surface area contributed by atoms with Gasteiger partial charge in [0.05, 0.1) is 5.30 Å². The Morgan fingerprint density at radius 3 is 1.82 bits per heavy atom. The molecule has 0 N–H and O–H groups in total. The molecule has 4 heteroatoms. The molecule has 8 rings (SSSR count). The van der Waals surface area contributed by atoms with Crippen LogP contribution < -0.4 is 25.0 Å². The lowest BCUT2D eigenvalue weighted by atomic mass is 10.0. The van der Waals surface area contributed by atoms with Crippen molar-refractivity contribution >= 4 is 33.8 Å². The summed E-state index contributed by atoms with van der Waals surface area (Å²) < 4.78 is 20.1. The Kier molecular flexibility index (Phi) is 6.55. The second-order valence-electron chi connectivity index (χ2n) is 11.5. The molecule has 3 heterocycles. The van der Waals surface area contributed by atoms with Crippen LogP contribution in [0.3, 0.4) is 0 Å². The number of hydrogen-bond donors (Lipinski definition) is 0. The summed E-state index contributed by atoms with van der Waals surface area (Å²) >= 11 is 0. The van der Waals surface area contributed by atoms with Gasteiger partial charge in [0, 0.05) is 45.5 Å². The Balaban J connectivity index is 1.24. The first-order chi connectivity index (χ1) is 21.6. The van der Waals surface area contributed by atoms with Crippen molar-refractivity contribution in [1.82, 2.24) is 0 Å². The van der Waals surface area contributed by atoms with Gasteiger partial charge >= 0.3 is 0 Å². The van der Waals surface area contributed by atoms with E-state index in [0.29, 0.717) is 0 Å². The van der Waals surface area contributed by atoms with Crippen molar-refractivity contribution in [2.45, 2.75) is 13.1 Å². The summed E-state index contributed by atoms with van der Waals surface area (Å²) in [6.07, 6.45) is 8.48. The molecule has 2 aromatic heterocycles. The second kappa shape index (κ2) is 10.9. The highest BCUT2D eigenvalue weighted by Gasteiger charge is 2.42. The van der Waals surface area contributed by atoms with Gasteiger partial charge in [0.25, 0.3) is 0 Å². The van der Waals surface area contributed by atoms with Crippen LogP contribution in [-0.4, -0.2) is 0 Å². The molecule has 1 atom stereocenters. The lowest BCUT2D eigenvalue weighted by Crippen LogP contribution is -2.37. The van der Waals surface area contributed by atoms with Gasteiger partial charge in [-0.05, 0) is 39.6 Å². The average Bonchev–Trinajstić information content (AvgIpc) is 3.33. The number of aromatic nitrogens is 2. The molecule has 1 aliphatic rings. The third kappa shape index (κ3) is 4.67. The number of hydrogen-bond acceptors (Lipinski definition) is 1. The summed E-state index contributed by atoms with van der Waals surface area (Å²) in [6.45, 7) is 1.54. The third-order valence-electron chi connectivity index (χ3n) is 8.70. The Morgan fingerprint density at radius 1 is 0.477 bits per heavy atom. The van der Waals surface area contributed by atoms with Gasteiger partial charge in [-0.1, -0.05) is 109 Å². The lowest BCUT2D eigenvalue weighted by Gasteiger charge is -2.16. The molecule has 0 amide bonds. The van der Waals surface area contributed by atoms with Crippen LogP contribution in [0.4, 0.5) is 0 Å². The van der Waals surface area contributed by atoms with Crippen molar-refractivity contribution in [3.63, 3.8) is 0 Å². The summed E-state index contributed by atoms with van der Waals surface area (Å²) in [7, 11) is -3.17. The zero-order valence-electron chi connectivity index (χ0n) is 24.3. The van der Waals surface area contributed by atoms with E-state index in [2.05, 4.69) is 149 Å². The molecule has 3 nitrogen and oxygen atoms in total. The summed E-state index contributed by atoms with van der Waals surface area (Å²) in [4.78, 5) is 0. The smallest absolute Gasteiger partial charge is 0.181 e. The van der Waals surface area contributed by atoms with Crippen molar-refractivity contribution in [1.29, 1.82) is 0 Å². The molecule has 0 saturated heterocycles. The quantitative estimate of drug-likeness (QED) is 0.155. The van der Waals surface area contributed by atoms with E-state index in [9.17, 15) is 0 Å². The van der Waals surface area contributed by atoms with Crippen LogP contribution in [0.15, 0.2) is 164 Å². The molecule has 1 unspecified atom stereocenters. The molecule has 44 heavy (non-hydrogen) atoms. The normalized spacial score (nSPS) is 15.2. The summed E-state index contributed by atoms with van der Waals surface area (Å²) in [5.41, 5.74) is 6.77. The molecular weight excluding hydrogens is 555 g/mol. The maximum Gasteiger partial charge on any atom is 0.181 e. The maximum atomic E-state index is 15.7. The van der Waals surface area contributed by atoms with Gasteiger partial charge in [-0.3, -0.25) is 0 Å². The van der Waals surface area contributed by atoms with Crippen LogP contribution in [0.2, 0.25) is 0 Å². The predicted octanol–water partition coefficient (Wildman–Crippen LogP) is 6.80. The van der Waals surface area contributed by atoms with E-state index in [1.54, 1.807) is 0 Å². The van der Waals surface area contributed by atoms with Gasteiger partial charge in [0.2, 0.25) is 0 Å². The Labute approximate surface area is 257 Å². The predicted molar refractivity (Wildman–Crippen MR) is 179 cm³/mol. The van der Waals surface area contributed by atoms with Gasteiger partial charge in [-0.2, -0.15) is 4.57 Å². The number of nitrogens with zero attached hydrogens (tertiary/aromatic N) is 2. The topological polar surface area (TPSA) is 24.8 Å². The van der Waals surface area contributed by atoms with Gasteiger partial charge in [-0.25, -0.2) is 4.57 Å². The molecular formula is C40H31N2OP+2. The molecule has 0 bridgehead atoms. The minimum atomic E-state index is -3.17. The third-order valence-corrected chi connectivity index (χ3v) is 11.8. The summed E-state index contributed by atoms with van der Waals surface area (Å²) in [6, 6.07) is 48.5. The number of benzene rings is 5. The summed E-state index contributed by atoms with van der Waals surface area (Å²) in [5.74, 6) is 0. The highest BCUT2D eigenvalue weighted by molar-refractivity contribution is 7.86. The standard InChI is InChI=1S/C40H31N2OP/c43-44(36-17-15-32-13-7-8-14-34(32)25-36)39-26-35(33-19-22-41(23-20-33)27-30-9-3-1-4-10-30)16-18-37(39)38-21-24-42(29-40(38)44)28-31-11-5-2-6-12-31/h1-26,29H,27-28H2/q+2. The molecule has 0 fully saturated rings. The number of fused-ring (bicyclic) bond motifs is 4. The van der Waals surface area contributed by atoms with Crippen molar-refractivity contribution in [3.8, 4) is 22.3 Å². The zero-order chi connectivity index (χ0) is 29.5. The molecule has 0 spiro atoms. The zero-order valence-corrected chi connectivity index (χ0v) is 25.1. The van der Waals surface area contributed by atoms with E-state index in [-0.39, 0.29) is 0 Å². The van der Waals surface area contributed by atoms with E-state index in [0.717, 1.165) is 62.0 Å². The van der Waals surface area contributed by atoms with Crippen molar-refractivity contribution in [2.24, 2.45) is 0 Å². The minimum absolute atomic E-state index is 0.723. The molecule has 210 valence electrons. The van der Waals surface area contributed by atoms with Crippen molar-refractivity contribution in [2.75, 3.05) is 0 Å². The highest BCUT2D eigenvalue weighted by atomic mass is 31.2. The van der Waals surface area contributed by atoms with Crippen LogP contribution >= 0.6 is 7.14 Å². The SMILES string of the molecule is O=P1(c2ccc3ccccc3c2)c2cc(-c3cc[n+](Cc4ccccc4)cc3)ccc2-c2cc[n+](Cc3ccccc3)cc21. The van der Waals surface area contributed by atoms with Gasteiger partial charge in [0.15, 0.2) is 45.0 Å². The van der Waals surface area contributed by atoms with Crippen LogP contribution in [0.25, 0.3) is 33.0 Å². The highest BCUT2D eigenvalue weighted by Crippen LogP contribution is 2.52. The van der Waals surface area contributed by atoms with E-state index in [1.165, 1.54) is 11.1 Å². The fraction of sp³-hybridized carbons (Fsp3) is 0.0500. The van der Waals surface area contributed by atoms with E-state index in [4.69, 9.17) is 0 Å². The largest absolute Gasteiger partial charge is 0.308 e. The molecule has 1 aliphatic heterocycles. The second-order valence-corrected chi connectivity index (χ2v) is 14.2. The first-order valence-corrected chi connectivity index (χ1v) is 16.7. The Hall–Kier alpha value is -5.11. The molecule has 0 radical (unpaired) electrons. The van der Waals surface area contributed by atoms with Crippen LogP contribution in [-0.2, 0) is 17.7 Å². The minimum Gasteiger partial charge on any atom is -0.308 e. The van der Waals surface area contributed by atoms with E-state index in [1.807, 2.05) is 24.3 Å². The molecule has 0 aliphatic carbocycles. The molecule has 5 aromatic carbocycles. The summed E-state index contributed by atoms with van der Waals surface area (Å²) in [5, 5.41) is 4.95. The fourth-order valence-electron chi connectivity index (χ4n) is 6.43. The molecule has 0 saturated carbocycles. The first kappa shape index (κ1) is 26.5. The maximum absolute atomic E-state index is 15.7. The average molecular weight is 587 g/mol. The first-order valence-electron chi connectivity index (χ1n) is 15.0. The lowest BCUT2D eigenvalue weighted by molar-refractivity contribution is -0.688. The van der Waals surface area contributed by atoms with Crippen LogP contribution in [0.5, 0.6) is 0 Å². The van der Waals surface area contributed by atoms with Crippen LogP contribution in [0.1, 0.15) is 11.1 Å². The van der Waals surface area contributed by atoms with Gasteiger partial charge in [-0.15, -0.1) is 0 Å². The molecule has 7 aromatic rings. The van der Waals surface area contributed by atoms with Gasteiger partial charge in [0.1, 0.15) is 0 Å². The van der Waals surface area contributed by atoms with E-state index < -0.39 is 7.14 Å². The van der Waals surface area contributed by atoms with Gasteiger partial charge < -0.3 is 4.57 Å². The van der Waals surface area contributed by atoms with Crippen LogP contribution in [0, 0.1) is 0 Å².